The van der Waals surface area contributed by atoms with Gasteiger partial charge in [0.1, 0.15) is 5.69 Å². The highest BCUT2D eigenvalue weighted by Gasteiger charge is 2.13. The molecule has 0 radical (unpaired) electrons. The molecule has 0 fully saturated rings. The molecule has 2 aromatic rings. The van der Waals surface area contributed by atoms with Crippen molar-refractivity contribution in [1.29, 1.82) is 0 Å². The van der Waals surface area contributed by atoms with Crippen LogP contribution in [0.3, 0.4) is 0 Å². The number of amides is 1. The highest BCUT2D eigenvalue weighted by molar-refractivity contribution is 6.31. The third kappa shape index (κ3) is 3.36. The zero-order valence-corrected chi connectivity index (χ0v) is 11.3. The van der Waals surface area contributed by atoms with E-state index in [1.165, 1.54) is 0 Å². The summed E-state index contributed by atoms with van der Waals surface area (Å²) in [6.07, 6.45) is 0.935. The summed E-state index contributed by atoms with van der Waals surface area (Å²) in [5.74, 6) is -0.260. The first-order valence-electron chi connectivity index (χ1n) is 5.91. The number of aromatic nitrogens is 1. The summed E-state index contributed by atoms with van der Waals surface area (Å²) < 4.78 is 1.65. The summed E-state index contributed by atoms with van der Waals surface area (Å²) in [4.78, 5) is 11.9. The standard InChI is InChI=1S/C14H15ClN2O2/c1-17-9-11(15)7-12(17)14(19)16-8-13(18)10-5-3-2-4-6-10/h2-7,9,13,18H,8H2,1H3,(H,16,19). The second-order valence-corrected chi connectivity index (χ2v) is 4.73. The van der Waals surface area contributed by atoms with Crippen molar-refractivity contribution in [2.75, 3.05) is 6.54 Å². The van der Waals surface area contributed by atoms with Gasteiger partial charge in [0.25, 0.3) is 5.91 Å². The van der Waals surface area contributed by atoms with Crippen molar-refractivity contribution in [3.63, 3.8) is 0 Å². The predicted octanol–water partition coefficient (Wildman–Crippen LogP) is 2.14. The number of aryl methyl sites for hydroxylation is 1. The Hall–Kier alpha value is -1.78. The molecule has 0 saturated carbocycles. The fraction of sp³-hybridized carbons (Fsp3) is 0.214. The molecule has 0 saturated heterocycles. The fourth-order valence-electron chi connectivity index (χ4n) is 1.82. The molecule has 2 rings (SSSR count). The molecule has 19 heavy (non-hydrogen) atoms. The molecule has 2 N–H and O–H groups in total. The van der Waals surface area contributed by atoms with Gasteiger partial charge in [-0.05, 0) is 11.6 Å². The average molecular weight is 279 g/mol. The molecule has 5 heteroatoms. The Kier molecular flexibility index (Phi) is 4.24. The van der Waals surface area contributed by atoms with Crippen molar-refractivity contribution in [2.24, 2.45) is 7.05 Å². The van der Waals surface area contributed by atoms with Gasteiger partial charge in [0.2, 0.25) is 0 Å². The van der Waals surface area contributed by atoms with E-state index in [1.54, 1.807) is 23.9 Å². The number of halogens is 1. The zero-order chi connectivity index (χ0) is 13.8. The highest BCUT2D eigenvalue weighted by atomic mass is 35.5. The molecule has 1 atom stereocenters. The molecule has 0 aliphatic carbocycles. The maximum Gasteiger partial charge on any atom is 0.268 e. The summed E-state index contributed by atoms with van der Waals surface area (Å²) in [6, 6.07) is 10.8. The molecule has 0 bridgehead atoms. The topological polar surface area (TPSA) is 54.3 Å². The van der Waals surface area contributed by atoms with Crippen LogP contribution in [0.5, 0.6) is 0 Å². The van der Waals surface area contributed by atoms with Crippen molar-refractivity contribution in [3.8, 4) is 0 Å². The first-order chi connectivity index (χ1) is 9.08. The van der Waals surface area contributed by atoms with Crippen LogP contribution in [0.15, 0.2) is 42.6 Å². The molecular weight excluding hydrogens is 264 g/mol. The Morgan fingerprint density at radius 2 is 2.11 bits per heavy atom. The maximum absolute atomic E-state index is 11.9. The van der Waals surface area contributed by atoms with Gasteiger partial charge in [-0.3, -0.25) is 4.79 Å². The highest BCUT2D eigenvalue weighted by Crippen LogP contribution is 2.14. The number of nitrogens with zero attached hydrogens (tertiary/aromatic N) is 1. The van der Waals surface area contributed by atoms with E-state index in [-0.39, 0.29) is 12.5 Å². The van der Waals surface area contributed by atoms with E-state index in [0.717, 1.165) is 5.56 Å². The molecule has 100 valence electrons. The number of aliphatic hydroxyl groups is 1. The number of carbonyl (C=O) groups is 1. The summed E-state index contributed by atoms with van der Waals surface area (Å²) in [6.45, 7) is 0.158. The second-order valence-electron chi connectivity index (χ2n) is 4.29. The van der Waals surface area contributed by atoms with Crippen LogP contribution in [0.1, 0.15) is 22.2 Å². The third-order valence-corrected chi connectivity index (χ3v) is 3.05. The Bertz CT molecular complexity index is 566. The van der Waals surface area contributed by atoms with Crippen LogP contribution in [0.2, 0.25) is 5.02 Å². The number of rotatable bonds is 4. The second kappa shape index (κ2) is 5.91. The van der Waals surface area contributed by atoms with E-state index in [1.807, 2.05) is 30.3 Å². The first kappa shape index (κ1) is 13.6. The van der Waals surface area contributed by atoms with E-state index >= 15 is 0 Å². The molecule has 1 aromatic carbocycles. The van der Waals surface area contributed by atoms with E-state index in [4.69, 9.17) is 11.6 Å². The minimum atomic E-state index is -0.721. The summed E-state index contributed by atoms with van der Waals surface area (Å²) in [5, 5.41) is 13.1. The Balaban J connectivity index is 1.96. The largest absolute Gasteiger partial charge is 0.387 e. The monoisotopic (exact) mass is 278 g/mol. The molecule has 1 aromatic heterocycles. The number of aliphatic hydroxyl groups excluding tert-OH is 1. The van der Waals surface area contributed by atoms with E-state index in [0.29, 0.717) is 10.7 Å². The van der Waals surface area contributed by atoms with Gasteiger partial charge in [-0.1, -0.05) is 41.9 Å². The quantitative estimate of drug-likeness (QED) is 0.900. The molecule has 0 aliphatic rings. The van der Waals surface area contributed by atoms with Crippen molar-refractivity contribution in [2.45, 2.75) is 6.10 Å². The van der Waals surface area contributed by atoms with E-state index in [9.17, 15) is 9.90 Å². The lowest BCUT2D eigenvalue weighted by Crippen LogP contribution is -2.29. The molecule has 4 nitrogen and oxygen atoms in total. The minimum Gasteiger partial charge on any atom is -0.387 e. The number of hydrogen-bond acceptors (Lipinski definition) is 2. The molecular formula is C14H15ClN2O2. The zero-order valence-electron chi connectivity index (χ0n) is 10.5. The normalized spacial score (nSPS) is 12.2. The SMILES string of the molecule is Cn1cc(Cl)cc1C(=O)NCC(O)c1ccccc1. The fourth-order valence-corrected chi connectivity index (χ4v) is 2.07. The van der Waals surface area contributed by atoms with Crippen molar-refractivity contribution < 1.29 is 9.90 Å². The molecule has 1 heterocycles. The van der Waals surface area contributed by atoms with Crippen molar-refractivity contribution >= 4 is 17.5 Å². The van der Waals surface area contributed by atoms with Crippen LogP contribution in [0.25, 0.3) is 0 Å². The van der Waals surface area contributed by atoms with Gasteiger partial charge in [0, 0.05) is 19.8 Å². The van der Waals surface area contributed by atoms with Crippen LogP contribution in [0, 0.1) is 0 Å². The van der Waals surface area contributed by atoms with Gasteiger partial charge in [-0.25, -0.2) is 0 Å². The average Bonchev–Trinajstić information content (AvgIpc) is 2.75. The summed E-state index contributed by atoms with van der Waals surface area (Å²) in [5.41, 5.74) is 1.23. The number of carbonyl (C=O) groups excluding carboxylic acids is 1. The first-order valence-corrected chi connectivity index (χ1v) is 6.29. The van der Waals surface area contributed by atoms with Crippen LogP contribution >= 0.6 is 11.6 Å². The Labute approximate surface area is 116 Å². The molecule has 0 spiro atoms. The maximum atomic E-state index is 11.9. The van der Waals surface area contributed by atoms with E-state index < -0.39 is 6.10 Å². The van der Waals surface area contributed by atoms with Crippen LogP contribution in [-0.2, 0) is 7.05 Å². The van der Waals surface area contributed by atoms with Gasteiger partial charge in [-0.15, -0.1) is 0 Å². The smallest absolute Gasteiger partial charge is 0.268 e. The van der Waals surface area contributed by atoms with E-state index in [2.05, 4.69) is 5.32 Å². The molecule has 1 amide bonds. The summed E-state index contributed by atoms with van der Waals surface area (Å²) >= 11 is 5.82. The molecule has 0 aliphatic heterocycles. The lowest BCUT2D eigenvalue weighted by Gasteiger charge is -2.12. The van der Waals surface area contributed by atoms with Crippen LogP contribution in [0.4, 0.5) is 0 Å². The lowest BCUT2D eigenvalue weighted by molar-refractivity contribution is 0.0908. The number of nitrogens with one attached hydrogen (secondary N) is 1. The third-order valence-electron chi connectivity index (χ3n) is 2.84. The minimum absolute atomic E-state index is 0.158. The van der Waals surface area contributed by atoms with Crippen molar-refractivity contribution in [3.05, 3.63) is 58.9 Å². The predicted molar refractivity (Wildman–Crippen MR) is 74.2 cm³/mol. The Morgan fingerprint density at radius 1 is 1.42 bits per heavy atom. The van der Waals surface area contributed by atoms with Gasteiger partial charge in [-0.2, -0.15) is 0 Å². The van der Waals surface area contributed by atoms with Crippen LogP contribution < -0.4 is 5.32 Å². The van der Waals surface area contributed by atoms with Gasteiger partial charge < -0.3 is 15.0 Å². The van der Waals surface area contributed by atoms with Gasteiger partial charge in [0.15, 0.2) is 0 Å². The molecule has 1 unspecified atom stereocenters. The number of hydrogen-bond donors (Lipinski definition) is 2. The van der Waals surface area contributed by atoms with Crippen molar-refractivity contribution in [1.82, 2.24) is 9.88 Å². The lowest BCUT2D eigenvalue weighted by atomic mass is 10.1. The number of benzene rings is 1. The van der Waals surface area contributed by atoms with Gasteiger partial charge in [0.05, 0.1) is 11.1 Å². The van der Waals surface area contributed by atoms with Crippen LogP contribution in [-0.4, -0.2) is 22.1 Å². The Morgan fingerprint density at radius 3 is 2.68 bits per heavy atom. The summed E-state index contributed by atoms with van der Waals surface area (Å²) in [7, 11) is 1.74. The van der Waals surface area contributed by atoms with Gasteiger partial charge >= 0.3 is 0 Å².